The van der Waals surface area contributed by atoms with Crippen LogP contribution in [0.3, 0.4) is 0 Å². The first-order chi connectivity index (χ1) is 2.00. The van der Waals surface area contributed by atoms with Crippen LogP contribution in [-0.4, -0.2) is 15.3 Å². The Labute approximate surface area is 48.7 Å². The van der Waals surface area contributed by atoms with Crippen molar-refractivity contribution in [3.05, 3.63) is 0 Å². The molecule has 0 saturated heterocycles. The maximum atomic E-state index is 5.11. The first-order valence-electron chi connectivity index (χ1n) is 0.817. The average molecular weight is 163 g/mol. The Bertz CT molecular complexity index is 20.4. The van der Waals surface area contributed by atoms with Crippen molar-refractivity contribution in [2.24, 2.45) is 0 Å². The molecule has 0 aliphatic carbocycles. The van der Waals surface area contributed by atoms with Gasteiger partial charge in [-0.2, -0.15) is 0 Å². The van der Waals surface area contributed by atoms with E-state index in [1.165, 1.54) is 0 Å². The molecule has 0 bridgehead atoms. The highest BCUT2D eigenvalue weighted by atomic mass is 35.8. The van der Waals surface area contributed by atoms with Gasteiger partial charge >= 0.3 is 5.52 Å². The molecule has 0 heterocycles. The smallest absolute Gasteiger partial charge is 0.131 e. The molecule has 0 aromatic heterocycles. The van der Waals surface area contributed by atoms with E-state index in [-0.39, 0.29) is 0 Å². The monoisotopic (exact) mass is 161 g/mol. The van der Waals surface area contributed by atoms with Gasteiger partial charge in [-0.05, 0) is 0 Å². The van der Waals surface area contributed by atoms with Crippen LogP contribution in [0.4, 0.5) is 0 Å². The quantitative estimate of drug-likeness (QED) is 0.372. The van der Waals surface area contributed by atoms with Gasteiger partial charge in [0.2, 0.25) is 0 Å². The van der Waals surface area contributed by atoms with Crippen LogP contribution in [-0.2, 0) is 0 Å². The second-order valence-electron chi connectivity index (χ2n) is 0.498. The fourth-order valence-corrected chi connectivity index (χ4v) is 0. The Morgan fingerprint density at radius 2 is 1.20 bits per heavy atom. The summed E-state index contributed by atoms with van der Waals surface area (Å²) in [6, 6.07) is 0. The van der Waals surface area contributed by atoms with E-state index < -0.39 is 5.52 Å². The van der Waals surface area contributed by atoms with E-state index in [0.29, 0.717) is 0 Å². The fraction of sp³-hybridized carbons (Fsp3) is 0. The van der Waals surface area contributed by atoms with Crippen LogP contribution in [0, 0.1) is 0 Å². The Hall–Kier alpha value is 1.30. The topological polar surface area (TPSA) is 0 Å². The van der Waals surface area contributed by atoms with Crippen molar-refractivity contribution in [3.8, 4) is 0 Å². The molecule has 0 nitrogen and oxygen atoms in total. The molecule has 3 radical (unpaired) electrons. The summed E-state index contributed by atoms with van der Waals surface area (Å²) in [5.41, 5.74) is -2.39. The number of halogens is 3. The molecule has 0 rings (SSSR count). The van der Waals surface area contributed by atoms with Gasteiger partial charge in [-0.15, -0.1) is 33.2 Å². The van der Waals surface area contributed by atoms with Crippen molar-refractivity contribution >= 4 is 48.5 Å². The molecule has 5 heteroatoms. The van der Waals surface area contributed by atoms with E-state index in [9.17, 15) is 0 Å². The Morgan fingerprint density at radius 1 is 1.20 bits per heavy atom. The van der Waals surface area contributed by atoms with Gasteiger partial charge in [0.05, 0.1) is 9.76 Å². The standard InChI is InChI=1S/Cl3Si2/c1-5(2,3)4. The van der Waals surface area contributed by atoms with Crippen molar-refractivity contribution in [2.45, 2.75) is 0 Å². The van der Waals surface area contributed by atoms with Crippen molar-refractivity contribution in [3.63, 3.8) is 0 Å². The summed E-state index contributed by atoms with van der Waals surface area (Å²) in [7, 11) is 2.85. The van der Waals surface area contributed by atoms with Crippen molar-refractivity contribution in [1.82, 2.24) is 0 Å². The fourth-order valence-electron chi connectivity index (χ4n) is 0. The molecule has 0 atom stereocenters. The summed E-state index contributed by atoms with van der Waals surface area (Å²) in [6.45, 7) is 0. The number of hydrogen-bond acceptors (Lipinski definition) is 0. The van der Waals surface area contributed by atoms with E-state index in [1.807, 2.05) is 0 Å². The zero-order valence-electron chi connectivity index (χ0n) is 2.13. The maximum absolute atomic E-state index is 5.11. The average Bonchev–Trinajstić information content (AvgIpc) is 0.722. The molecule has 29 valence electrons. The van der Waals surface area contributed by atoms with Crippen molar-refractivity contribution in [2.75, 3.05) is 0 Å². The van der Waals surface area contributed by atoms with Crippen molar-refractivity contribution < 1.29 is 0 Å². The molecule has 0 fully saturated rings. The summed E-state index contributed by atoms with van der Waals surface area (Å²) in [6.07, 6.45) is 0. The molecule has 0 aliphatic heterocycles. The Kier molecular flexibility index (Phi) is 2.32. The third-order valence-corrected chi connectivity index (χ3v) is 0. The minimum absolute atomic E-state index is 2.39. The first kappa shape index (κ1) is 6.30. The minimum Gasteiger partial charge on any atom is -0.131 e. The normalized spacial score (nSPS) is 12.0. The summed E-state index contributed by atoms with van der Waals surface area (Å²) in [5.74, 6) is 0. The van der Waals surface area contributed by atoms with Gasteiger partial charge in [0.15, 0.2) is 0 Å². The van der Waals surface area contributed by atoms with Gasteiger partial charge in [0.25, 0.3) is 0 Å². The van der Waals surface area contributed by atoms with E-state index in [4.69, 9.17) is 33.2 Å². The number of hydrogen-bond donors (Lipinski definition) is 0. The zero-order chi connectivity index (χ0) is 4.50. The molecular weight excluding hydrogens is 163 g/mol. The summed E-state index contributed by atoms with van der Waals surface area (Å²) in [5, 5.41) is 0. The van der Waals surface area contributed by atoms with Gasteiger partial charge in [0.1, 0.15) is 0 Å². The van der Waals surface area contributed by atoms with Crippen molar-refractivity contribution in [1.29, 1.82) is 0 Å². The molecule has 0 aliphatic rings. The van der Waals surface area contributed by atoms with Crippen LogP contribution >= 0.6 is 33.2 Å². The lowest BCUT2D eigenvalue weighted by Gasteiger charge is -1.89. The van der Waals surface area contributed by atoms with Crippen LogP contribution in [0.5, 0.6) is 0 Å². The molecule has 5 heavy (non-hydrogen) atoms. The number of rotatable bonds is 0. The van der Waals surface area contributed by atoms with Crippen LogP contribution < -0.4 is 0 Å². The maximum Gasteiger partial charge on any atom is 0.316 e. The van der Waals surface area contributed by atoms with Gasteiger partial charge in [-0.3, -0.25) is 0 Å². The Balaban J connectivity index is 3.02. The largest absolute Gasteiger partial charge is 0.316 e. The van der Waals surface area contributed by atoms with Crippen LogP contribution in [0.25, 0.3) is 0 Å². The predicted molar refractivity (Wildman–Crippen MR) is 29.1 cm³/mol. The third kappa shape index (κ3) is 34.1. The van der Waals surface area contributed by atoms with E-state index in [0.717, 1.165) is 0 Å². The Morgan fingerprint density at radius 3 is 1.20 bits per heavy atom. The zero-order valence-corrected chi connectivity index (χ0v) is 6.40. The second kappa shape index (κ2) is 1.84. The van der Waals surface area contributed by atoms with Crippen LogP contribution in [0.1, 0.15) is 0 Å². The second-order valence-corrected chi connectivity index (χ2v) is 13.4. The van der Waals surface area contributed by atoms with Gasteiger partial charge in [-0.1, -0.05) is 0 Å². The SMILES string of the molecule is [Si][Si](Cl)(Cl)Cl. The molecule has 0 aromatic rings. The molecule has 0 N–H and O–H groups in total. The van der Waals surface area contributed by atoms with E-state index >= 15 is 0 Å². The van der Waals surface area contributed by atoms with Crippen LogP contribution in [0.15, 0.2) is 0 Å². The predicted octanol–water partition coefficient (Wildman–Crippen LogP) is 1.31. The third-order valence-electron chi connectivity index (χ3n) is 0. The molecule has 0 saturated carbocycles. The first-order valence-corrected chi connectivity index (χ1v) is 7.35. The summed E-state index contributed by atoms with van der Waals surface area (Å²) in [4.78, 5) is 0. The van der Waals surface area contributed by atoms with Gasteiger partial charge in [-0.25, -0.2) is 0 Å². The van der Waals surface area contributed by atoms with E-state index in [1.54, 1.807) is 0 Å². The summed E-state index contributed by atoms with van der Waals surface area (Å²) >= 11 is 15.3. The lowest BCUT2D eigenvalue weighted by atomic mass is 26.9. The highest BCUT2D eigenvalue weighted by molar-refractivity contribution is 7.79. The molecule has 0 spiro atoms. The lowest BCUT2D eigenvalue weighted by molar-refractivity contribution is 3.79. The molecular formula is Cl3Si2. The highest BCUT2D eigenvalue weighted by Crippen LogP contribution is 2.12. The van der Waals surface area contributed by atoms with Crippen LogP contribution in [0.2, 0.25) is 0 Å². The summed E-state index contributed by atoms with van der Waals surface area (Å²) < 4.78 is 0. The minimum atomic E-state index is -2.39. The molecule has 0 amide bonds. The molecule has 0 unspecified atom stereocenters. The van der Waals surface area contributed by atoms with E-state index in [2.05, 4.69) is 9.76 Å². The lowest BCUT2D eigenvalue weighted by Crippen LogP contribution is -2.06. The van der Waals surface area contributed by atoms with Gasteiger partial charge in [0, 0.05) is 0 Å². The van der Waals surface area contributed by atoms with Gasteiger partial charge < -0.3 is 0 Å². The molecule has 0 aromatic carbocycles. The highest BCUT2D eigenvalue weighted by Gasteiger charge is 2.13.